The quantitative estimate of drug-likeness (QED) is 0.749. The summed E-state index contributed by atoms with van der Waals surface area (Å²) in [5, 5.41) is 0.697. The van der Waals surface area contributed by atoms with Crippen LogP contribution in [0.2, 0.25) is 5.02 Å². The van der Waals surface area contributed by atoms with Crippen molar-refractivity contribution < 1.29 is 4.79 Å². The molecule has 2 nitrogen and oxygen atoms in total. The second-order valence-electron chi connectivity index (χ2n) is 4.51. The Bertz CT molecular complexity index is 436. The van der Waals surface area contributed by atoms with Gasteiger partial charge in [-0.15, -0.1) is 11.8 Å². The largest absolute Gasteiger partial charge is 0.311 e. The number of carbonyl (C=O) groups excluding carboxylic acids is 1. The first-order valence-electron chi connectivity index (χ1n) is 6.45. The smallest absolute Gasteiger partial charge is 0.237 e. The van der Waals surface area contributed by atoms with E-state index in [-0.39, 0.29) is 5.91 Å². The molecule has 0 saturated heterocycles. The molecule has 18 heavy (non-hydrogen) atoms. The van der Waals surface area contributed by atoms with Crippen molar-refractivity contribution in [1.82, 2.24) is 0 Å². The number of benzene rings is 1. The highest BCUT2D eigenvalue weighted by atomic mass is 35.5. The van der Waals surface area contributed by atoms with Crippen LogP contribution in [0.5, 0.6) is 0 Å². The van der Waals surface area contributed by atoms with Gasteiger partial charge in [-0.1, -0.05) is 37.8 Å². The maximum absolute atomic E-state index is 12.0. The first-order valence-corrected chi connectivity index (χ1v) is 7.81. The summed E-state index contributed by atoms with van der Waals surface area (Å²) in [4.78, 5) is 15.1. The molecule has 98 valence electrons. The maximum Gasteiger partial charge on any atom is 0.237 e. The van der Waals surface area contributed by atoms with E-state index in [1.807, 2.05) is 23.1 Å². The highest BCUT2D eigenvalue weighted by molar-refractivity contribution is 8.00. The Labute approximate surface area is 118 Å². The summed E-state index contributed by atoms with van der Waals surface area (Å²) in [5.74, 6) is 0.744. The third-order valence-corrected chi connectivity index (χ3v) is 4.38. The normalized spacial score (nSPS) is 14.8. The highest BCUT2D eigenvalue weighted by Gasteiger charge is 2.24. The van der Waals surface area contributed by atoms with Gasteiger partial charge in [-0.25, -0.2) is 0 Å². The monoisotopic (exact) mass is 283 g/mol. The Kier molecular flexibility index (Phi) is 4.95. The second kappa shape index (κ2) is 6.48. The van der Waals surface area contributed by atoms with Gasteiger partial charge in [0.1, 0.15) is 0 Å². The lowest BCUT2D eigenvalue weighted by molar-refractivity contribution is -0.116. The molecule has 0 radical (unpaired) electrons. The van der Waals surface area contributed by atoms with Crippen molar-refractivity contribution in [3.63, 3.8) is 0 Å². The number of hydrogen-bond acceptors (Lipinski definition) is 2. The molecule has 0 bridgehead atoms. The summed E-state index contributed by atoms with van der Waals surface area (Å²) >= 11 is 7.63. The van der Waals surface area contributed by atoms with Crippen molar-refractivity contribution in [3.8, 4) is 0 Å². The van der Waals surface area contributed by atoms with Crippen LogP contribution in [-0.4, -0.2) is 18.2 Å². The molecule has 0 aliphatic carbocycles. The number of nitrogens with zero attached hydrogens (tertiary/aromatic N) is 1. The number of hydrogen-bond donors (Lipinski definition) is 0. The summed E-state index contributed by atoms with van der Waals surface area (Å²) in [7, 11) is 0. The third kappa shape index (κ3) is 3.21. The van der Waals surface area contributed by atoms with E-state index in [4.69, 9.17) is 11.6 Å². The minimum absolute atomic E-state index is 0.200. The molecule has 1 amide bonds. The van der Waals surface area contributed by atoms with Crippen LogP contribution in [0.15, 0.2) is 23.1 Å². The summed E-state index contributed by atoms with van der Waals surface area (Å²) in [6.07, 6.45) is 4.70. The fourth-order valence-electron chi connectivity index (χ4n) is 2.12. The van der Waals surface area contributed by atoms with Crippen LogP contribution in [0, 0.1) is 0 Å². The first-order chi connectivity index (χ1) is 8.72. The van der Waals surface area contributed by atoms with E-state index in [2.05, 4.69) is 6.92 Å². The Morgan fingerprint density at radius 3 is 2.94 bits per heavy atom. The van der Waals surface area contributed by atoms with Crippen LogP contribution in [-0.2, 0) is 4.79 Å². The average Bonchev–Trinajstić information content (AvgIpc) is 2.36. The van der Waals surface area contributed by atoms with Crippen molar-refractivity contribution in [2.45, 2.75) is 37.5 Å². The summed E-state index contributed by atoms with van der Waals surface area (Å²) < 4.78 is 0. The van der Waals surface area contributed by atoms with Gasteiger partial charge in [0.2, 0.25) is 5.91 Å². The van der Waals surface area contributed by atoms with E-state index in [0.717, 1.165) is 23.5 Å². The molecule has 0 atom stereocenters. The van der Waals surface area contributed by atoms with Crippen LogP contribution in [0.3, 0.4) is 0 Å². The van der Waals surface area contributed by atoms with Crippen molar-refractivity contribution in [2.24, 2.45) is 0 Å². The molecular formula is C14H18ClNOS. The molecule has 1 aliphatic heterocycles. The SMILES string of the molecule is CCCCCCN1C(=O)CSc2ccc(Cl)cc21. The zero-order valence-corrected chi connectivity index (χ0v) is 12.2. The number of fused-ring (bicyclic) bond motifs is 1. The summed E-state index contributed by atoms with van der Waals surface area (Å²) in [5.41, 5.74) is 0.986. The van der Waals surface area contributed by atoms with Gasteiger partial charge in [0.05, 0.1) is 11.4 Å². The molecule has 0 unspecified atom stereocenters. The zero-order chi connectivity index (χ0) is 13.0. The van der Waals surface area contributed by atoms with Crippen LogP contribution in [0.25, 0.3) is 0 Å². The molecule has 0 saturated carbocycles. The van der Waals surface area contributed by atoms with Gasteiger partial charge in [-0.05, 0) is 24.6 Å². The van der Waals surface area contributed by atoms with E-state index >= 15 is 0 Å². The number of carbonyl (C=O) groups is 1. The zero-order valence-electron chi connectivity index (χ0n) is 10.6. The highest BCUT2D eigenvalue weighted by Crippen LogP contribution is 2.37. The number of rotatable bonds is 5. The number of amides is 1. The topological polar surface area (TPSA) is 20.3 Å². The minimum Gasteiger partial charge on any atom is -0.311 e. The summed E-state index contributed by atoms with van der Waals surface area (Å²) in [6, 6.07) is 5.80. The van der Waals surface area contributed by atoms with Crippen LogP contribution in [0.4, 0.5) is 5.69 Å². The fourth-order valence-corrected chi connectivity index (χ4v) is 3.20. The van der Waals surface area contributed by atoms with E-state index < -0.39 is 0 Å². The minimum atomic E-state index is 0.200. The van der Waals surface area contributed by atoms with Gasteiger partial charge in [-0.2, -0.15) is 0 Å². The van der Waals surface area contributed by atoms with Crippen molar-refractivity contribution in [2.75, 3.05) is 17.2 Å². The van der Waals surface area contributed by atoms with E-state index in [1.165, 1.54) is 19.3 Å². The molecule has 1 heterocycles. The number of halogens is 1. The predicted molar refractivity (Wildman–Crippen MR) is 78.7 cm³/mol. The third-order valence-electron chi connectivity index (χ3n) is 3.10. The number of anilines is 1. The maximum atomic E-state index is 12.0. The van der Waals surface area contributed by atoms with Gasteiger partial charge in [0.15, 0.2) is 0 Å². The number of thioether (sulfide) groups is 1. The van der Waals surface area contributed by atoms with E-state index in [9.17, 15) is 4.79 Å². The lowest BCUT2D eigenvalue weighted by Crippen LogP contribution is -2.36. The molecule has 0 fully saturated rings. The summed E-state index contributed by atoms with van der Waals surface area (Å²) in [6.45, 7) is 3.00. The van der Waals surface area contributed by atoms with Crippen molar-refractivity contribution in [3.05, 3.63) is 23.2 Å². The molecule has 2 rings (SSSR count). The average molecular weight is 284 g/mol. The standard InChI is InChI=1S/C14H18ClNOS/c1-2-3-4-5-8-16-12-9-11(15)6-7-13(12)18-10-14(16)17/h6-7,9H,2-5,8,10H2,1H3. The van der Waals surface area contributed by atoms with Crippen LogP contribution >= 0.6 is 23.4 Å². The van der Waals surface area contributed by atoms with Gasteiger partial charge in [0, 0.05) is 16.5 Å². The molecule has 1 aliphatic rings. The van der Waals surface area contributed by atoms with Gasteiger partial charge in [0.25, 0.3) is 0 Å². The Morgan fingerprint density at radius 2 is 2.17 bits per heavy atom. The molecule has 1 aromatic carbocycles. The molecular weight excluding hydrogens is 266 g/mol. The number of unbranched alkanes of at least 4 members (excludes halogenated alkanes) is 3. The van der Waals surface area contributed by atoms with Gasteiger partial charge >= 0.3 is 0 Å². The van der Waals surface area contributed by atoms with E-state index in [1.54, 1.807) is 11.8 Å². The lowest BCUT2D eigenvalue weighted by Gasteiger charge is -2.29. The molecule has 0 N–H and O–H groups in total. The molecule has 4 heteroatoms. The van der Waals surface area contributed by atoms with Crippen LogP contribution < -0.4 is 4.90 Å². The van der Waals surface area contributed by atoms with Crippen molar-refractivity contribution in [1.29, 1.82) is 0 Å². The van der Waals surface area contributed by atoms with Crippen LogP contribution in [0.1, 0.15) is 32.6 Å². The van der Waals surface area contributed by atoms with Crippen molar-refractivity contribution >= 4 is 35.0 Å². The van der Waals surface area contributed by atoms with Gasteiger partial charge in [-0.3, -0.25) is 4.79 Å². The predicted octanol–water partition coefficient (Wildman–Crippen LogP) is 4.36. The van der Waals surface area contributed by atoms with Gasteiger partial charge < -0.3 is 4.90 Å². The first kappa shape index (κ1) is 13.8. The lowest BCUT2D eigenvalue weighted by atomic mass is 10.2. The Hall–Kier alpha value is -0.670. The molecule has 0 spiro atoms. The molecule has 1 aromatic rings. The Morgan fingerprint density at radius 1 is 1.33 bits per heavy atom. The Balaban J connectivity index is 2.09. The fraction of sp³-hybridized carbons (Fsp3) is 0.500. The molecule has 0 aromatic heterocycles. The second-order valence-corrected chi connectivity index (χ2v) is 5.96. The van der Waals surface area contributed by atoms with E-state index in [0.29, 0.717) is 10.8 Å².